The third-order valence-electron chi connectivity index (χ3n) is 4.53. The lowest BCUT2D eigenvalue weighted by Gasteiger charge is -2.30. The van der Waals surface area contributed by atoms with E-state index in [0.717, 1.165) is 19.4 Å². The van der Waals surface area contributed by atoms with E-state index in [-0.39, 0.29) is 12.0 Å². The average Bonchev–Trinajstić information content (AvgIpc) is 2.65. The minimum absolute atomic E-state index is 0.0608. The van der Waals surface area contributed by atoms with Gasteiger partial charge in [0.05, 0.1) is 12.0 Å². The molecule has 0 aromatic heterocycles. The van der Waals surface area contributed by atoms with Gasteiger partial charge in [0, 0.05) is 25.6 Å². The molecule has 0 aromatic carbocycles. The van der Waals surface area contributed by atoms with Gasteiger partial charge in [-0.1, -0.05) is 13.8 Å². The smallest absolute Gasteiger partial charge is 0.263 e. The Labute approximate surface area is 124 Å². The van der Waals surface area contributed by atoms with Crippen molar-refractivity contribution in [1.29, 1.82) is 0 Å². The Bertz CT molecular complexity index is 373. The highest BCUT2D eigenvalue weighted by molar-refractivity contribution is 5.22. The molecule has 1 aliphatic carbocycles. The number of fused-ring (bicyclic) bond motifs is 1. The van der Waals surface area contributed by atoms with Gasteiger partial charge in [0.25, 0.3) is 12.0 Å². The topological polar surface area (TPSA) is 12.5 Å². The van der Waals surface area contributed by atoms with Gasteiger partial charge in [0.2, 0.25) is 0 Å². The molecule has 2 aliphatic heterocycles. The number of alkyl halides is 2. The van der Waals surface area contributed by atoms with Crippen molar-refractivity contribution in [3.05, 3.63) is 12.7 Å². The molecular formula is C15H25F4NO. The van der Waals surface area contributed by atoms with E-state index in [1.54, 1.807) is 7.11 Å². The van der Waals surface area contributed by atoms with E-state index in [9.17, 15) is 17.6 Å². The van der Waals surface area contributed by atoms with Crippen LogP contribution in [0.1, 0.15) is 39.5 Å². The molecule has 2 saturated heterocycles. The van der Waals surface area contributed by atoms with Gasteiger partial charge in [-0.25, -0.2) is 8.78 Å². The Morgan fingerprint density at radius 2 is 1.76 bits per heavy atom. The number of halogens is 4. The predicted octanol–water partition coefficient (Wildman–Crippen LogP) is 4.32. The van der Waals surface area contributed by atoms with Gasteiger partial charge in [-0.15, -0.1) is 0 Å². The molecule has 0 N–H and O–H groups in total. The Morgan fingerprint density at radius 3 is 2.19 bits per heavy atom. The molecule has 3 aliphatic rings. The molecule has 2 unspecified atom stereocenters. The zero-order valence-corrected chi connectivity index (χ0v) is 13.0. The lowest BCUT2D eigenvalue weighted by molar-refractivity contribution is 0.0581. The summed E-state index contributed by atoms with van der Waals surface area (Å²) in [5.74, 6) is -2.40. The zero-order chi connectivity index (χ0) is 16.3. The van der Waals surface area contributed by atoms with E-state index < -0.39 is 17.4 Å². The minimum atomic E-state index is -2.40. The van der Waals surface area contributed by atoms with Crippen molar-refractivity contribution >= 4 is 0 Å². The molecule has 2 heterocycles. The fraction of sp³-hybridized carbons (Fsp3) is 0.867. The normalized spacial score (nSPS) is 35.4. The van der Waals surface area contributed by atoms with Crippen molar-refractivity contribution in [3.63, 3.8) is 0 Å². The standard InChI is InChI=1S/C11H17F2NO.C2H2F2.C2H6/c1-15-8-10-3-2-4-14(10)7-9(5-10)6-11(9,12)13;1-2(3)4;1-2/h2-8H2,1H3;1H2;1-2H3. The molecular weight excluding hydrogens is 286 g/mol. The minimum Gasteiger partial charge on any atom is -0.383 e. The van der Waals surface area contributed by atoms with Gasteiger partial charge < -0.3 is 4.74 Å². The van der Waals surface area contributed by atoms with Gasteiger partial charge in [0.1, 0.15) is 0 Å². The summed E-state index contributed by atoms with van der Waals surface area (Å²) in [5.41, 5.74) is -0.749. The fourth-order valence-electron chi connectivity index (χ4n) is 3.72. The lowest BCUT2D eigenvalue weighted by atomic mass is 9.89. The Kier molecular flexibility index (Phi) is 5.83. The summed E-state index contributed by atoms with van der Waals surface area (Å²) >= 11 is 0. The van der Waals surface area contributed by atoms with E-state index in [0.29, 0.717) is 19.6 Å². The third kappa shape index (κ3) is 3.59. The van der Waals surface area contributed by atoms with E-state index >= 15 is 0 Å². The predicted molar refractivity (Wildman–Crippen MR) is 74.7 cm³/mol. The summed E-state index contributed by atoms with van der Waals surface area (Å²) in [6.45, 7) is 8.40. The highest BCUT2D eigenvalue weighted by Gasteiger charge is 2.77. The summed E-state index contributed by atoms with van der Waals surface area (Å²) in [7, 11) is 1.67. The van der Waals surface area contributed by atoms with Crippen LogP contribution in [0.15, 0.2) is 12.7 Å². The average molecular weight is 311 g/mol. The second-order valence-corrected chi connectivity index (χ2v) is 5.86. The second-order valence-electron chi connectivity index (χ2n) is 5.86. The molecule has 1 spiro atoms. The summed E-state index contributed by atoms with van der Waals surface area (Å²) in [5, 5.41) is 0. The number of hydrogen-bond acceptors (Lipinski definition) is 2. The van der Waals surface area contributed by atoms with Crippen LogP contribution in [0.4, 0.5) is 17.6 Å². The van der Waals surface area contributed by atoms with Gasteiger partial charge in [-0.2, -0.15) is 8.78 Å². The van der Waals surface area contributed by atoms with E-state index in [2.05, 4.69) is 11.5 Å². The van der Waals surface area contributed by atoms with Gasteiger partial charge in [-0.05, 0) is 32.4 Å². The van der Waals surface area contributed by atoms with Crippen LogP contribution < -0.4 is 0 Å². The largest absolute Gasteiger partial charge is 0.383 e. The maximum atomic E-state index is 13.3. The highest BCUT2D eigenvalue weighted by Crippen LogP contribution is 2.69. The molecule has 21 heavy (non-hydrogen) atoms. The molecule has 2 atom stereocenters. The Balaban J connectivity index is 0.000000322. The second kappa shape index (κ2) is 6.65. The number of hydrogen-bond donors (Lipinski definition) is 0. The first-order valence-corrected chi connectivity index (χ1v) is 7.39. The molecule has 3 fully saturated rings. The molecule has 2 nitrogen and oxygen atoms in total. The Hall–Kier alpha value is -0.620. The summed E-state index contributed by atoms with van der Waals surface area (Å²) < 4.78 is 52.2. The summed E-state index contributed by atoms with van der Waals surface area (Å²) in [6, 6.07) is 0. The van der Waals surface area contributed by atoms with Crippen LogP contribution in [-0.2, 0) is 4.74 Å². The lowest BCUT2D eigenvalue weighted by Crippen LogP contribution is -2.42. The van der Waals surface area contributed by atoms with Crippen molar-refractivity contribution in [3.8, 4) is 0 Å². The molecule has 0 radical (unpaired) electrons. The molecule has 6 heteroatoms. The summed E-state index contributed by atoms with van der Waals surface area (Å²) in [4.78, 5) is 2.25. The van der Waals surface area contributed by atoms with Crippen molar-refractivity contribution in [2.24, 2.45) is 5.41 Å². The number of rotatable bonds is 2. The first kappa shape index (κ1) is 18.4. The van der Waals surface area contributed by atoms with Crippen LogP contribution in [0.25, 0.3) is 0 Å². The SMILES string of the molecule is C=C(F)F.CC.COCC12CCCN1CC1(C2)CC1(F)F. The van der Waals surface area contributed by atoms with Crippen LogP contribution in [0, 0.1) is 5.41 Å². The first-order valence-electron chi connectivity index (χ1n) is 7.39. The maximum Gasteiger partial charge on any atom is 0.263 e. The maximum absolute atomic E-state index is 13.3. The quantitative estimate of drug-likeness (QED) is 0.704. The highest BCUT2D eigenvalue weighted by atomic mass is 19.3. The van der Waals surface area contributed by atoms with Crippen molar-refractivity contribution in [1.82, 2.24) is 4.90 Å². The van der Waals surface area contributed by atoms with Gasteiger partial charge in [0.15, 0.2) is 0 Å². The number of nitrogens with zero attached hydrogens (tertiary/aromatic N) is 1. The fourth-order valence-corrected chi connectivity index (χ4v) is 3.72. The van der Waals surface area contributed by atoms with Crippen molar-refractivity contribution in [2.45, 2.75) is 51.0 Å². The van der Waals surface area contributed by atoms with Crippen molar-refractivity contribution < 1.29 is 22.3 Å². The van der Waals surface area contributed by atoms with E-state index in [1.165, 1.54) is 0 Å². The molecule has 1 saturated carbocycles. The molecule has 0 bridgehead atoms. The zero-order valence-electron chi connectivity index (χ0n) is 13.0. The van der Waals surface area contributed by atoms with Crippen LogP contribution in [0.5, 0.6) is 0 Å². The monoisotopic (exact) mass is 311 g/mol. The third-order valence-corrected chi connectivity index (χ3v) is 4.53. The number of methoxy groups -OCH3 is 1. The van der Waals surface area contributed by atoms with E-state index in [4.69, 9.17) is 4.74 Å². The molecule has 0 amide bonds. The van der Waals surface area contributed by atoms with Crippen LogP contribution in [0.2, 0.25) is 0 Å². The van der Waals surface area contributed by atoms with E-state index in [1.807, 2.05) is 13.8 Å². The molecule has 0 aromatic rings. The molecule has 124 valence electrons. The Morgan fingerprint density at radius 1 is 1.24 bits per heavy atom. The van der Waals surface area contributed by atoms with Crippen LogP contribution in [-0.4, -0.2) is 43.2 Å². The summed E-state index contributed by atoms with van der Waals surface area (Å²) in [6.07, 6.45) is 1.06. The van der Waals surface area contributed by atoms with Crippen molar-refractivity contribution in [2.75, 3.05) is 26.8 Å². The van der Waals surface area contributed by atoms with Crippen LogP contribution >= 0.6 is 0 Å². The van der Waals surface area contributed by atoms with Gasteiger partial charge >= 0.3 is 0 Å². The van der Waals surface area contributed by atoms with Gasteiger partial charge in [-0.3, -0.25) is 4.90 Å². The number of ether oxygens (including phenoxy) is 1. The first-order chi connectivity index (χ1) is 9.77. The molecule has 3 rings (SSSR count). The van der Waals surface area contributed by atoms with Crippen LogP contribution in [0.3, 0.4) is 0 Å².